The largest absolute Gasteiger partial charge is 0.342 e. The maximum atomic E-state index is 13.5. The molecule has 0 spiro atoms. The van der Waals surface area contributed by atoms with Crippen LogP contribution in [0, 0.1) is 5.82 Å². The molecule has 1 amide bonds. The Bertz CT molecular complexity index is 429. The highest BCUT2D eigenvalue weighted by molar-refractivity contribution is 7.99. The van der Waals surface area contributed by atoms with E-state index < -0.39 is 0 Å². The van der Waals surface area contributed by atoms with Crippen LogP contribution in [0.4, 0.5) is 4.39 Å². The molecule has 1 saturated heterocycles. The number of hydrogen-bond donors (Lipinski definition) is 0. The zero-order valence-corrected chi connectivity index (χ0v) is 12.3. The SMILES string of the molecule is O=C(CSCc1c(F)cccc1Cl)N1CCCCC1. The number of carbonyl (C=O) groups is 1. The van der Waals surface area contributed by atoms with Gasteiger partial charge in [0, 0.05) is 29.4 Å². The van der Waals surface area contributed by atoms with Crippen molar-refractivity contribution in [3.8, 4) is 0 Å². The summed E-state index contributed by atoms with van der Waals surface area (Å²) in [4.78, 5) is 13.8. The van der Waals surface area contributed by atoms with E-state index in [-0.39, 0.29) is 11.7 Å². The highest BCUT2D eigenvalue weighted by atomic mass is 35.5. The van der Waals surface area contributed by atoms with Crippen LogP contribution < -0.4 is 0 Å². The average molecular weight is 302 g/mol. The van der Waals surface area contributed by atoms with Crippen molar-refractivity contribution >= 4 is 29.3 Å². The van der Waals surface area contributed by atoms with Crippen molar-refractivity contribution in [3.63, 3.8) is 0 Å². The molecule has 0 N–H and O–H groups in total. The summed E-state index contributed by atoms with van der Waals surface area (Å²) in [6.45, 7) is 1.72. The van der Waals surface area contributed by atoms with Gasteiger partial charge >= 0.3 is 0 Å². The van der Waals surface area contributed by atoms with Crippen LogP contribution in [0.25, 0.3) is 0 Å². The van der Waals surface area contributed by atoms with Gasteiger partial charge in [-0.05, 0) is 31.4 Å². The van der Waals surface area contributed by atoms with E-state index in [0.717, 1.165) is 25.9 Å². The molecule has 0 radical (unpaired) electrons. The molecule has 2 nitrogen and oxygen atoms in total. The molecule has 1 heterocycles. The third-order valence-electron chi connectivity index (χ3n) is 3.24. The molecule has 5 heteroatoms. The third kappa shape index (κ3) is 4.11. The fourth-order valence-electron chi connectivity index (χ4n) is 2.15. The predicted octanol–water partition coefficient (Wildman–Crippen LogP) is 3.72. The van der Waals surface area contributed by atoms with E-state index in [4.69, 9.17) is 11.6 Å². The molecule has 0 saturated carbocycles. The Hall–Kier alpha value is -0.740. The van der Waals surface area contributed by atoms with Gasteiger partial charge in [-0.3, -0.25) is 4.79 Å². The normalized spacial score (nSPS) is 15.6. The van der Waals surface area contributed by atoms with Gasteiger partial charge in [0.15, 0.2) is 0 Å². The van der Waals surface area contributed by atoms with E-state index >= 15 is 0 Å². The molecule has 0 atom stereocenters. The summed E-state index contributed by atoms with van der Waals surface area (Å²) in [7, 11) is 0. The van der Waals surface area contributed by atoms with Gasteiger partial charge < -0.3 is 4.90 Å². The van der Waals surface area contributed by atoms with Gasteiger partial charge in [0.2, 0.25) is 5.91 Å². The number of hydrogen-bond acceptors (Lipinski definition) is 2. The Labute approximate surface area is 122 Å². The molecule has 1 fully saturated rings. The lowest BCUT2D eigenvalue weighted by molar-refractivity contribution is -0.129. The molecule has 104 valence electrons. The number of halogens is 2. The molecule has 0 aromatic heterocycles. The smallest absolute Gasteiger partial charge is 0.232 e. The van der Waals surface area contributed by atoms with Crippen LogP contribution >= 0.6 is 23.4 Å². The van der Waals surface area contributed by atoms with Gasteiger partial charge in [0.05, 0.1) is 5.75 Å². The lowest BCUT2D eigenvalue weighted by atomic mass is 10.1. The minimum absolute atomic E-state index is 0.150. The molecule has 1 aromatic rings. The number of benzene rings is 1. The van der Waals surface area contributed by atoms with Gasteiger partial charge in [-0.2, -0.15) is 0 Å². The molecular formula is C14H17ClFNOS. The van der Waals surface area contributed by atoms with E-state index in [2.05, 4.69) is 0 Å². The summed E-state index contributed by atoms with van der Waals surface area (Å²) < 4.78 is 13.5. The van der Waals surface area contributed by atoms with Gasteiger partial charge in [0.25, 0.3) is 0 Å². The Morgan fingerprint density at radius 3 is 2.74 bits per heavy atom. The first-order valence-corrected chi connectivity index (χ1v) is 8.00. The van der Waals surface area contributed by atoms with Crippen LogP contribution in [-0.4, -0.2) is 29.6 Å². The number of rotatable bonds is 4. The van der Waals surface area contributed by atoms with Crippen LogP contribution in [0.2, 0.25) is 5.02 Å². The molecule has 2 rings (SSSR count). The fourth-order valence-corrected chi connectivity index (χ4v) is 3.41. The van der Waals surface area contributed by atoms with Crippen molar-refractivity contribution in [1.29, 1.82) is 0 Å². The molecule has 0 unspecified atom stereocenters. The zero-order valence-electron chi connectivity index (χ0n) is 10.7. The van der Waals surface area contributed by atoms with Gasteiger partial charge in [-0.15, -0.1) is 11.8 Å². The van der Waals surface area contributed by atoms with Crippen molar-refractivity contribution in [2.45, 2.75) is 25.0 Å². The second kappa shape index (κ2) is 7.15. The predicted molar refractivity (Wildman–Crippen MR) is 78.0 cm³/mol. The number of amides is 1. The van der Waals surface area contributed by atoms with E-state index in [1.807, 2.05) is 4.90 Å². The molecule has 0 bridgehead atoms. The quantitative estimate of drug-likeness (QED) is 0.844. The summed E-state index contributed by atoms with van der Waals surface area (Å²) in [5.41, 5.74) is 0.487. The Morgan fingerprint density at radius 1 is 1.32 bits per heavy atom. The minimum Gasteiger partial charge on any atom is -0.342 e. The number of thioether (sulfide) groups is 1. The van der Waals surface area contributed by atoms with Gasteiger partial charge in [-0.1, -0.05) is 17.7 Å². The number of carbonyl (C=O) groups excluding carboxylic acids is 1. The van der Waals surface area contributed by atoms with Crippen molar-refractivity contribution in [2.24, 2.45) is 0 Å². The number of piperidine rings is 1. The number of likely N-dealkylation sites (tertiary alicyclic amines) is 1. The highest BCUT2D eigenvalue weighted by Crippen LogP contribution is 2.24. The van der Waals surface area contributed by atoms with E-state index in [9.17, 15) is 9.18 Å². The highest BCUT2D eigenvalue weighted by Gasteiger charge is 2.16. The van der Waals surface area contributed by atoms with Crippen molar-refractivity contribution in [3.05, 3.63) is 34.6 Å². The summed E-state index contributed by atoms with van der Waals surface area (Å²) in [5.74, 6) is 0.679. The first-order valence-electron chi connectivity index (χ1n) is 6.47. The lowest BCUT2D eigenvalue weighted by Crippen LogP contribution is -2.36. The van der Waals surface area contributed by atoms with Crippen LogP contribution in [-0.2, 0) is 10.5 Å². The Balaban J connectivity index is 1.81. The maximum Gasteiger partial charge on any atom is 0.232 e. The second-order valence-electron chi connectivity index (χ2n) is 4.63. The molecule has 1 aromatic carbocycles. The number of nitrogens with zero attached hydrogens (tertiary/aromatic N) is 1. The van der Waals surface area contributed by atoms with Gasteiger partial charge in [-0.25, -0.2) is 4.39 Å². The average Bonchev–Trinajstić information content (AvgIpc) is 2.43. The summed E-state index contributed by atoms with van der Waals surface area (Å²) >= 11 is 7.37. The molecule has 19 heavy (non-hydrogen) atoms. The van der Waals surface area contributed by atoms with Crippen LogP contribution in [0.15, 0.2) is 18.2 Å². The van der Waals surface area contributed by atoms with E-state index in [1.165, 1.54) is 24.2 Å². The van der Waals surface area contributed by atoms with Crippen molar-refractivity contribution in [2.75, 3.05) is 18.8 Å². The third-order valence-corrected chi connectivity index (χ3v) is 4.54. The summed E-state index contributed by atoms with van der Waals surface area (Å²) in [6.07, 6.45) is 3.40. The molecule has 1 aliphatic heterocycles. The maximum absolute atomic E-state index is 13.5. The van der Waals surface area contributed by atoms with Crippen LogP contribution in [0.1, 0.15) is 24.8 Å². The Kier molecular flexibility index (Phi) is 5.52. The van der Waals surface area contributed by atoms with Crippen molar-refractivity contribution < 1.29 is 9.18 Å². The zero-order chi connectivity index (χ0) is 13.7. The summed E-state index contributed by atoms with van der Waals surface area (Å²) in [6, 6.07) is 4.66. The van der Waals surface area contributed by atoms with Crippen molar-refractivity contribution in [1.82, 2.24) is 4.90 Å². The standard InChI is InChI=1S/C14H17ClFNOS/c15-12-5-4-6-13(16)11(12)9-19-10-14(18)17-7-2-1-3-8-17/h4-6H,1-3,7-10H2. The van der Waals surface area contributed by atoms with Crippen LogP contribution in [0.3, 0.4) is 0 Å². The van der Waals surface area contributed by atoms with Gasteiger partial charge in [0.1, 0.15) is 5.82 Å². The van der Waals surface area contributed by atoms with E-state index in [1.54, 1.807) is 12.1 Å². The Morgan fingerprint density at radius 2 is 2.05 bits per heavy atom. The first kappa shape index (κ1) is 14.7. The first-order chi connectivity index (χ1) is 9.18. The topological polar surface area (TPSA) is 20.3 Å². The molecule has 0 aliphatic carbocycles. The monoisotopic (exact) mass is 301 g/mol. The molecular weight excluding hydrogens is 285 g/mol. The molecule has 1 aliphatic rings. The summed E-state index contributed by atoms with van der Waals surface area (Å²) in [5, 5.41) is 0.429. The van der Waals surface area contributed by atoms with E-state index in [0.29, 0.717) is 22.1 Å². The lowest BCUT2D eigenvalue weighted by Gasteiger charge is -2.26. The second-order valence-corrected chi connectivity index (χ2v) is 6.03. The minimum atomic E-state index is -0.301. The fraction of sp³-hybridized carbons (Fsp3) is 0.500. The van der Waals surface area contributed by atoms with Crippen LogP contribution in [0.5, 0.6) is 0 Å².